The Morgan fingerprint density at radius 2 is 2.26 bits per heavy atom. The molecule has 2 aliphatic rings. The van der Waals surface area contributed by atoms with Crippen LogP contribution in [0, 0.1) is 5.92 Å². The van der Waals surface area contributed by atoms with Crippen molar-refractivity contribution in [1.29, 1.82) is 0 Å². The minimum Gasteiger partial charge on any atom is -0.496 e. The predicted octanol–water partition coefficient (Wildman–Crippen LogP) is 1.31. The molecule has 3 N–H and O–H groups in total. The normalized spacial score (nSPS) is 19.3. The second-order valence-electron chi connectivity index (χ2n) is 6.78. The van der Waals surface area contributed by atoms with E-state index in [0.717, 1.165) is 31.7 Å². The smallest absolute Gasteiger partial charge is 0.341 e. The molecule has 0 saturated heterocycles. The molecule has 0 fully saturated rings. The summed E-state index contributed by atoms with van der Waals surface area (Å²) in [6.07, 6.45) is 9.42. The van der Waals surface area contributed by atoms with Gasteiger partial charge in [-0.3, -0.25) is 4.99 Å². The molecule has 150 valence electrons. The van der Waals surface area contributed by atoms with Crippen LogP contribution in [-0.2, 0) is 14.3 Å². The fourth-order valence-electron chi connectivity index (χ4n) is 2.87. The van der Waals surface area contributed by atoms with E-state index in [1.165, 1.54) is 0 Å². The summed E-state index contributed by atoms with van der Waals surface area (Å²) < 4.78 is 10.8. The lowest BCUT2D eigenvalue weighted by molar-refractivity contribution is -0.142. The number of nitrogens with zero attached hydrogens (tertiary/aromatic N) is 1. The van der Waals surface area contributed by atoms with Crippen LogP contribution in [0.5, 0.6) is 0 Å². The number of aliphatic imine (C=N–C) groups is 1. The zero-order chi connectivity index (χ0) is 19.5. The van der Waals surface area contributed by atoms with Crippen LogP contribution in [-0.4, -0.2) is 62.4 Å². The highest BCUT2D eigenvalue weighted by Crippen LogP contribution is 2.18. The first-order valence-electron chi connectivity index (χ1n) is 9.61. The molecule has 1 aliphatic carbocycles. The maximum atomic E-state index is 12.2. The number of hydrogen-bond donors (Lipinski definition) is 3. The van der Waals surface area contributed by atoms with E-state index in [0.29, 0.717) is 37.0 Å². The van der Waals surface area contributed by atoms with Crippen molar-refractivity contribution in [2.45, 2.75) is 32.8 Å². The van der Waals surface area contributed by atoms with Crippen LogP contribution in [0.2, 0.25) is 0 Å². The van der Waals surface area contributed by atoms with Crippen molar-refractivity contribution in [3.8, 4) is 0 Å². The summed E-state index contributed by atoms with van der Waals surface area (Å²) in [5.41, 5.74) is 0.529. The van der Waals surface area contributed by atoms with Gasteiger partial charge in [0, 0.05) is 32.6 Å². The number of dihydropyridines is 1. The fraction of sp³-hybridized carbons (Fsp3) is 0.600. The molecule has 0 saturated carbocycles. The Labute approximate surface area is 161 Å². The maximum absolute atomic E-state index is 12.2. The Hall–Kier alpha value is -2.12. The number of carbonyl (C=O) groups excluding carboxylic acids is 1. The van der Waals surface area contributed by atoms with Crippen LogP contribution >= 0.6 is 0 Å². The SMILES string of the molecule is CC(C)OC(=O)C1=CCCN=C1NCCNCC1C=CC=C(OCCO)C1. The topological polar surface area (TPSA) is 92.2 Å². The van der Waals surface area contributed by atoms with Crippen LogP contribution in [0.3, 0.4) is 0 Å². The van der Waals surface area contributed by atoms with Gasteiger partial charge in [0.2, 0.25) is 0 Å². The van der Waals surface area contributed by atoms with E-state index in [9.17, 15) is 4.79 Å². The fourth-order valence-corrected chi connectivity index (χ4v) is 2.87. The van der Waals surface area contributed by atoms with Crippen molar-refractivity contribution >= 4 is 11.8 Å². The molecule has 27 heavy (non-hydrogen) atoms. The van der Waals surface area contributed by atoms with E-state index in [-0.39, 0.29) is 18.7 Å². The Morgan fingerprint density at radius 1 is 1.41 bits per heavy atom. The number of allylic oxidation sites excluding steroid dienone is 3. The highest BCUT2D eigenvalue weighted by Gasteiger charge is 2.20. The number of ether oxygens (including phenoxy) is 2. The lowest BCUT2D eigenvalue weighted by Gasteiger charge is -2.20. The quantitative estimate of drug-likeness (QED) is 0.393. The Kier molecular flexibility index (Phi) is 9.07. The van der Waals surface area contributed by atoms with Gasteiger partial charge in [-0.15, -0.1) is 0 Å². The van der Waals surface area contributed by atoms with Crippen molar-refractivity contribution < 1.29 is 19.4 Å². The number of aliphatic hydroxyl groups excluding tert-OH is 1. The molecule has 7 nitrogen and oxygen atoms in total. The van der Waals surface area contributed by atoms with Gasteiger partial charge in [-0.25, -0.2) is 4.79 Å². The molecule has 0 bridgehead atoms. The molecular weight excluding hydrogens is 346 g/mol. The lowest BCUT2D eigenvalue weighted by Crippen LogP contribution is -2.37. The number of rotatable bonds is 10. The van der Waals surface area contributed by atoms with Gasteiger partial charge in [-0.2, -0.15) is 0 Å². The molecule has 1 unspecified atom stereocenters. The first kappa shape index (κ1) is 21.2. The third kappa shape index (κ3) is 7.56. The average molecular weight is 377 g/mol. The monoisotopic (exact) mass is 377 g/mol. The molecule has 0 spiro atoms. The van der Waals surface area contributed by atoms with Gasteiger partial charge < -0.3 is 25.2 Å². The Balaban J connectivity index is 1.67. The van der Waals surface area contributed by atoms with Crippen LogP contribution in [0.1, 0.15) is 26.7 Å². The Bertz CT molecular complexity index is 608. The summed E-state index contributed by atoms with van der Waals surface area (Å²) in [7, 11) is 0. The van der Waals surface area contributed by atoms with Crippen molar-refractivity contribution in [3.63, 3.8) is 0 Å². The zero-order valence-electron chi connectivity index (χ0n) is 16.2. The minimum atomic E-state index is -0.321. The van der Waals surface area contributed by atoms with E-state index in [4.69, 9.17) is 14.6 Å². The van der Waals surface area contributed by atoms with Gasteiger partial charge in [0.25, 0.3) is 0 Å². The molecule has 1 heterocycles. The number of hydrogen-bond acceptors (Lipinski definition) is 7. The highest BCUT2D eigenvalue weighted by molar-refractivity contribution is 6.19. The third-order valence-electron chi connectivity index (χ3n) is 4.07. The lowest BCUT2D eigenvalue weighted by atomic mass is 9.99. The van der Waals surface area contributed by atoms with E-state index < -0.39 is 0 Å². The summed E-state index contributed by atoms with van der Waals surface area (Å²) in [5.74, 6) is 1.58. The maximum Gasteiger partial charge on any atom is 0.341 e. The molecule has 2 rings (SSSR count). The van der Waals surface area contributed by atoms with Gasteiger partial charge in [0.05, 0.1) is 24.0 Å². The van der Waals surface area contributed by atoms with Gasteiger partial charge in [-0.05, 0) is 32.3 Å². The molecule has 7 heteroatoms. The minimum absolute atomic E-state index is 0.0284. The van der Waals surface area contributed by atoms with Gasteiger partial charge in [-0.1, -0.05) is 18.2 Å². The van der Waals surface area contributed by atoms with Crippen LogP contribution in [0.25, 0.3) is 0 Å². The molecular formula is C20H31N3O4. The molecule has 1 aliphatic heterocycles. The molecule has 0 amide bonds. The van der Waals surface area contributed by atoms with Crippen LogP contribution in [0.15, 0.2) is 40.6 Å². The van der Waals surface area contributed by atoms with Crippen molar-refractivity contribution in [1.82, 2.24) is 10.6 Å². The largest absolute Gasteiger partial charge is 0.496 e. The van der Waals surface area contributed by atoms with E-state index in [2.05, 4.69) is 21.7 Å². The molecule has 0 aromatic rings. The molecule has 1 atom stereocenters. The molecule has 0 aromatic carbocycles. The van der Waals surface area contributed by atoms with E-state index >= 15 is 0 Å². The standard InChI is InChI=1S/C20H31N3O4/c1-15(2)27-20(25)18-7-4-8-22-19(18)23-10-9-21-14-16-5-3-6-17(13-16)26-12-11-24/h3,5-7,15-16,21,24H,4,8-14H2,1-2H3,(H,22,23). The number of carbonyl (C=O) groups is 1. The van der Waals surface area contributed by atoms with Crippen LogP contribution in [0.4, 0.5) is 0 Å². The number of esters is 1. The third-order valence-corrected chi connectivity index (χ3v) is 4.07. The number of nitrogens with one attached hydrogen (secondary N) is 2. The second kappa shape index (κ2) is 11.6. The summed E-state index contributed by atoms with van der Waals surface area (Å²) in [6.45, 7) is 6.99. The zero-order valence-corrected chi connectivity index (χ0v) is 16.2. The molecule has 0 aromatic heterocycles. The van der Waals surface area contributed by atoms with E-state index in [1.807, 2.05) is 32.1 Å². The Morgan fingerprint density at radius 3 is 3.04 bits per heavy atom. The summed E-state index contributed by atoms with van der Waals surface area (Å²) >= 11 is 0. The van der Waals surface area contributed by atoms with Crippen molar-refractivity contribution in [3.05, 3.63) is 35.6 Å². The first-order chi connectivity index (χ1) is 13.1. The summed E-state index contributed by atoms with van der Waals surface area (Å²) in [5, 5.41) is 15.5. The van der Waals surface area contributed by atoms with Crippen molar-refractivity contribution in [2.24, 2.45) is 10.9 Å². The first-order valence-corrected chi connectivity index (χ1v) is 9.61. The van der Waals surface area contributed by atoms with Gasteiger partial charge >= 0.3 is 5.97 Å². The molecule has 0 radical (unpaired) electrons. The van der Waals surface area contributed by atoms with Gasteiger partial charge in [0.1, 0.15) is 12.4 Å². The van der Waals surface area contributed by atoms with Crippen molar-refractivity contribution in [2.75, 3.05) is 39.4 Å². The van der Waals surface area contributed by atoms with Gasteiger partial charge in [0.15, 0.2) is 0 Å². The second-order valence-corrected chi connectivity index (χ2v) is 6.78. The summed E-state index contributed by atoms with van der Waals surface area (Å²) in [6, 6.07) is 0. The average Bonchev–Trinajstić information content (AvgIpc) is 2.66. The number of amidine groups is 1. The summed E-state index contributed by atoms with van der Waals surface area (Å²) in [4.78, 5) is 16.6. The number of aliphatic hydroxyl groups is 1. The highest BCUT2D eigenvalue weighted by atomic mass is 16.5. The van der Waals surface area contributed by atoms with E-state index in [1.54, 1.807) is 0 Å². The van der Waals surface area contributed by atoms with Crippen LogP contribution < -0.4 is 10.6 Å². The predicted molar refractivity (Wildman–Crippen MR) is 105 cm³/mol.